The maximum Gasteiger partial charge on any atom is 0.441 e. The number of fused-ring (bicyclic) bond motifs is 2. The molecule has 0 amide bonds. The molecule has 0 saturated carbocycles. The maximum absolute atomic E-state index is 11.9. The molecular weight excluding hydrogens is 227 g/mol. The molecule has 2 aliphatic rings. The van der Waals surface area contributed by atoms with E-state index in [0.717, 1.165) is 19.3 Å². The summed E-state index contributed by atoms with van der Waals surface area (Å²) in [4.78, 5) is 0. The molecule has 2 saturated heterocycles. The predicted octanol–water partition coefficient (Wildman–Crippen LogP) is 2.28. The number of alkyl halides is 3. The van der Waals surface area contributed by atoms with Crippen molar-refractivity contribution in [2.45, 2.75) is 48.9 Å². The van der Waals surface area contributed by atoms with E-state index in [1.807, 2.05) is 0 Å². The lowest BCUT2D eigenvalue weighted by Crippen LogP contribution is -2.49. The van der Waals surface area contributed by atoms with Gasteiger partial charge in [0.15, 0.2) is 0 Å². The fourth-order valence-corrected chi connectivity index (χ4v) is 3.17. The summed E-state index contributed by atoms with van der Waals surface area (Å²) in [6.45, 7) is 0. The summed E-state index contributed by atoms with van der Waals surface area (Å²) in [5.74, 6) is 0.0343. The van der Waals surface area contributed by atoms with Gasteiger partial charge in [0.1, 0.15) is 0 Å². The van der Waals surface area contributed by atoms with Gasteiger partial charge in [-0.3, -0.25) is 0 Å². The Morgan fingerprint density at radius 2 is 2.13 bits per heavy atom. The Balaban J connectivity index is 1.80. The van der Waals surface area contributed by atoms with Gasteiger partial charge >= 0.3 is 5.51 Å². The molecule has 2 bridgehead atoms. The first-order valence-electron chi connectivity index (χ1n) is 5.04. The lowest BCUT2D eigenvalue weighted by atomic mass is 9.81. The minimum Gasteiger partial charge on any atom is -0.373 e. The molecule has 3 atom stereocenters. The monoisotopic (exact) mass is 241 g/mol. The number of hydrogen-bond acceptors (Lipinski definition) is 3. The van der Waals surface area contributed by atoms with Crippen LogP contribution < -0.4 is 5.73 Å². The molecule has 3 unspecified atom stereocenters. The van der Waals surface area contributed by atoms with E-state index in [0.29, 0.717) is 6.42 Å². The first kappa shape index (κ1) is 11.5. The quantitative estimate of drug-likeness (QED) is 0.823. The summed E-state index contributed by atoms with van der Waals surface area (Å²) in [6, 6.07) is 0. The average molecular weight is 241 g/mol. The SMILES string of the molecule is NC1(CCSC(F)(F)F)CC2CCC1O2. The minimum absolute atomic E-state index is 0.0108. The van der Waals surface area contributed by atoms with Crippen LogP contribution in [-0.2, 0) is 4.74 Å². The summed E-state index contributed by atoms with van der Waals surface area (Å²) in [6.07, 6.45) is 3.19. The molecular formula is C9H14F3NOS. The number of hydrogen-bond donors (Lipinski definition) is 1. The fraction of sp³-hybridized carbons (Fsp3) is 1.00. The molecule has 0 aliphatic carbocycles. The second-order valence-electron chi connectivity index (χ2n) is 4.31. The van der Waals surface area contributed by atoms with Gasteiger partial charge < -0.3 is 10.5 Å². The van der Waals surface area contributed by atoms with E-state index in [2.05, 4.69) is 0 Å². The van der Waals surface area contributed by atoms with E-state index in [9.17, 15) is 13.2 Å². The van der Waals surface area contributed by atoms with Crippen LogP contribution in [0.15, 0.2) is 0 Å². The number of ether oxygens (including phenoxy) is 1. The first-order valence-corrected chi connectivity index (χ1v) is 6.03. The second-order valence-corrected chi connectivity index (χ2v) is 5.47. The van der Waals surface area contributed by atoms with Crippen LogP contribution in [0.3, 0.4) is 0 Å². The Bertz CT molecular complexity index is 248. The topological polar surface area (TPSA) is 35.2 Å². The normalized spacial score (nSPS) is 40.0. The zero-order valence-corrected chi connectivity index (χ0v) is 9.03. The fourth-order valence-electron chi connectivity index (χ4n) is 2.45. The van der Waals surface area contributed by atoms with Crippen LogP contribution in [0.2, 0.25) is 0 Å². The standard InChI is InChI=1S/C9H14F3NOS/c10-9(11,12)15-4-3-8(13)5-6-1-2-7(8)14-6/h6-7H,1-5,13H2. The van der Waals surface area contributed by atoms with Gasteiger partial charge in [0, 0.05) is 11.3 Å². The van der Waals surface area contributed by atoms with Crippen LogP contribution >= 0.6 is 11.8 Å². The molecule has 15 heavy (non-hydrogen) atoms. The molecule has 0 radical (unpaired) electrons. The molecule has 2 aliphatic heterocycles. The van der Waals surface area contributed by atoms with Gasteiger partial charge in [0.05, 0.1) is 12.2 Å². The predicted molar refractivity (Wildman–Crippen MR) is 52.6 cm³/mol. The molecule has 0 spiro atoms. The summed E-state index contributed by atoms with van der Waals surface area (Å²) in [5.41, 5.74) is 1.41. The van der Waals surface area contributed by atoms with E-state index in [1.165, 1.54) is 0 Å². The molecule has 2 rings (SSSR count). The van der Waals surface area contributed by atoms with Crippen molar-refractivity contribution in [1.29, 1.82) is 0 Å². The van der Waals surface area contributed by atoms with E-state index < -0.39 is 11.0 Å². The highest BCUT2D eigenvalue weighted by molar-refractivity contribution is 8.00. The third-order valence-electron chi connectivity index (χ3n) is 3.19. The van der Waals surface area contributed by atoms with Gasteiger partial charge in [-0.15, -0.1) is 0 Å². The van der Waals surface area contributed by atoms with Crippen LogP contribution in [0.25, 0.3) is 0 Å². The zero-order valence-electron chi connectivity index (χ0n) is 8.22. The van der Waals surface area contributed by atoms with E-state index in [1.54, 1.807) is 0 Å². The zero-order chi connectivity index (χ0) is 11.1. The summed E-state index contributed by atoms with van der Waals surface area (Å²) >= 11 is 0.0108. The summed E-state index contributed by atoms with van der Waals surface area (Å²) < 4.78 is 41.4. The van der Waals surface area contributed by atoms with E-state index >= 15 is 0 Å². The Kier molecular flexibility index (Phi) is 2.94. The molecule has 0 aromatic rings. The molecule has 0 aromatic heterocycles. The van der Waals surface area contributed by atoms with Crippen molar-refractivity contribution in [2.75, 3.05) is 5.75 Å². The number of rotatable bonds is 3. The minimum atomic E-state index is -4.14. The van der Waals surface area contributed by atoms with Gasteiger partial charge in [0.2, 0.25) is 0 Å². The van der Waals surface area contributed by atoms with Crippen LogP contribution in [-0.4, -0.2) is 29.0 Å². The number of halogens is 3. The van der Waals surface area contributed by atoms with Gasteiger partial charge in [-0.1, -0.05) is 11.8 Å². The van der Waals surface area contributed by atoms with Crippen molar-refractivity contribution in [2.24, 2.45) is 5.73 Å². The second kappa shape index (κ2) is 3.82. The van der Waals surface area contributed by atoms with Gasteiger partial charge in [0.25, 0.3) is 0 Å². The lowest BCUT2D eigenvalue weighted by molar-refractivity contribution is -0.0329. The summed E-state index contributed by atoms with van der Waals surface area (Å²) in [5, 5.41) is 0. The van der Waals surface area contributed by atoms with Crippen molar-refractivity contribution >= 4 is 11.8 Å². The van der Waals surface area contributed by atoms with Gasteiger partial charge in [-0.25, -0.2) is 0 Å². The maximum atomic E-state index is 11.9. The Morgan fingerprint density at radius 3 is 2.60 bits per heavy atom. The molecule has 6 heteroatoms. The van der Waals surface area contributed by atoms with Gasteiger partial charge in [-0.2, -0.15) is 13.2 Å². The van der Waals surface area contributed by atoms with Crippen LogP contribution in [0.4, 0.5) is 13.2 Å². The molecule has 2 fully saturated rings. The van der Waals surface area contributed by atoms with Crippen molar-refractivity contribution in [3.63, 3.8) is 0 Å². The first-order chi connectivity index (χ1) is 6.89. The third kappa shape index (κ3) is 2.60. The Labute approximate surface area is 90.7 Å². The van der Waals surface area contributed by atoms with Crippen molar-refractivity contribution < 1.29 is 17.9 Å². The van der Waals surface area contributed by atoms with Crippen LogP contribution in [0, 0.1) is 0 Å². The van der Waals surface area contributed by atoms with E-state index in [4.69, 9.17) is 10.5 Å². The Hall–Kier alpha value is 0.0600. The molecule has 2 heterocycles. The lowest BCUT2D eigenvalue weighted by Gasteiger charge is -2.31. The number of thioether (sulfide) groups is 1. The van der Waals surface area contributed by atoms with Gasteiger partial charge in [-0.05, 0) is 25.7 Å². The third-order valence-corrected chi connectivity index (χ3v) is 3.93. The highest BCUT2D eigenvalue weighted by Crippen LogP contribution is 2.43. The van der Waals surface area contributed by atoms with Crippen molar-refractivity contribution in [3.05, 3.63) is 0 Å². The average Bonchev–Trinajstić information content (AvgIpc) is 2.60. The largest absolute Gasteiger partial charge is 0.441 e. The summed E-state index contributed by atoms with van der Waals surface area (Å²) in [7, 11) is 0. The molecule has 2 N–H and O–H groups in total. The Morgan fingerprint density at radius 1 is 1.40 bits per heavy atom. The molecule has 2 nitrogen and oxygen atoms in total. The van der Waals surface area contributed by atoms with Crippen LogP contribution in [0.5, 0.6) is 0 Å². The number of nitrogens with two attached hydrogens (primary N) is 1. The molecule has 88 valence electrons. The van der Waals surface area contributed by atoms with Crippen molar-refractivity contribution in [1.82, 2.24) is 0 Å². The van der Waals surface area contributed by atoms with Crippen LogP contribution in [0.1, 0.15) is 25.7 Å². The van der Waals surface area contributed by atoms with E-state index in [-0.39, 0.29) is 29.7 Å². The highest BCUT2D eigenvalue weighted by Gasteiger charge is 2.49. The highest BCUT2D eigenvalue weighted by atomic mass is 32.2. The molecule has 0 aromatic carbocycles. The van der Waals surface area contributed by atoms with Crippen molar-refractivity contribution in [3.8, 4) is 0 Å². The smallest absolute Gasteiger partial charge is 0.373 e.